The van der Waals surface area contributed by atoms with E-state index in [-0.39, 0.29) is 24.8 Å². The van der Waals surface area contributed by atoms with Gasteiger partial charge >= 0.3 is 5.97 Å². The molecule has 1 aromatic carbocycles. The summed E-state index contributed by atoms with van der Waals surface area (Å²) in [4.78, 5) is 25.1. The number of methoxy groups -OCH3 is 2. The van der Waals surface area contributed by atoms with E-state index in [0.717, 1.165) is 0 Å². The second-order valence-electron chi connectivity index (χ2n) is 4.12. The molecule has 0 heterocycles. The highest BCUT2D eigenvalue weighted by molar-refractivity contribution is 6.30. The van der Waals surface area contributed by atoms with Crippen LogP contribution in [0, 0.1) is 0 Å². The third-order valence-electron chi connectivity index (χ3n) is 2.74. The molecule has 0 unspecified atom stereocenters. The molecule has 0 aromatic heterocycles. The molecular weight excluding hydrogens is 282 g/mol. The smallest absolute Gasteiger partial charge is 0.307 e. The Morgan fingerprint density at radius 1 is 1.25 bits per heavy atom. The summed E-state index contributed by atoms with van der Waals surface area (Å²) in [6.45, 7) is 1.08. The van der Waals surface area contributed by atoms with Crippen LogP contribution >= 0.6 is 11.6 Å². The molecule has 20 heavy (non-hydrogen) atoms. The van der Waals surface area contributed by atoms with Crippen molar-refractivity contribution in [3.63, 3.8) is 0 Å². The van der Waals surface area contributed by atoms with Gasteiger partial charge in [0.2, 0.25) is 0 Å². The first-order valence-electron chi connectivity index (χ1n) is 6.19. The number of hydrogen-bond donors (Lipinski definition) is 0. The van der Waals surface area contributed by atoms with Gasteiger partial charge in [0.25, 0.3) is 5.91 Å². The molecule has 6 heteroatoms. The molecule has 1 aromatic rings. The first-order valence-corrected chi connectivity index (χ1v) is 6.57. The van der Waals surface area contributed by atoms with E-state index < -0.39 is 0 Å². The van der Waals surface area contributed by atoms with E-state index in [4.69, 9.17) is 16.3 Å². The Kier molecular flexibility index (Phi) is 7.04. The lowest BCUT2D eigenvalue weighted by molar-refractivity contribution is -0.140. The van der Waals surface area contributed by atoms with Crippen LogP contribution in [0.2, 0.25) is 5.02 Å². The molecule has 5 nitrogen and oxygen atoms in total. The van der Waals surface area contributed by atoms with Gasteiger partial charge in [-0.3, -0.25) is 9.59 Å². The zero-order valence-electron chi connectivity index (χ0n) is 11.6. The molecule has 0 aliphatic heterocycles. The van der Waals surface area contributed by atoms with E-state index >= 15 is 0 Å². The highest BCUT2D eigenvalue weighted by Crippen LogP contribution is 2.13. The summed E-state index contributed by atoms with van der Waals surface area (Å²) >= 11 is 5.88. The largest absolute Gasteiger partial charge is 0.469 e. The number of benzene rings is 1. The van der Waals surface area contributed by atoms with Crippen LogP contribution in [0.15, 0.2) is 24.3 Å². The molecule has 0 spiro atoms. The number of ether oxygens (including phenoxy) is 2. The van der Waals surface area contributed by atoms with Gasteiger partial charge < -0.3 is 14.4 Å². The van der Waals surface area contributed by atoms with E-state index in [1.165, 1.54) is 7.11 Å². The maximum atomic E-state index is 12.4. The molecular formula is C14H18ClNO4. The quantitative estimate of drug-likeness (QED) is 0.723. The number of hydrogen-bond acceptors (Lipinski definition) is 4. The second kappa shape index (κ2) is 8.55. The van der Waals surface area contributed by atoms with Gasteiger partial charge in [-0.2, -0.15) is 0 Å². The van der Waals surface area contributed by atoms with Crippen molar-refractivity contribution in [2.24, 2.45) is 0 Å². The number of amides is 1. The van der Waals surface area contributed by atoms with E-state index in [2.05, 4.69) is 4.74 Å². The Morgan fingerprint density at radius 3 is 2.60 bits per heavy atom. The monoisotopic (exact) mass is 299 g/mol. The molecule has 0 fully saturated rings. The van der Waals surface area contributed by atoms with Crippen molar-refractivity contribution in [2.45, 2.75) is 6.42 Å². The Morgan fingerprint density at radius 2 is 2.00 bits per heavy atom. The molecule has 0 radical (unpaired) electrons. The lowest BCUT2D eigenvalue weighted by Gasteiger charge is -2.22. The first-order chi connectivity index (χ1) is 9.58. The van der Waals surface area contributed by atoms with Crippen molar-refractivity contribution >= 4 is 23.5 Å². The fourth-order valence-electron chi connectivity index (χ4n) is 1.65. The van der Waals surface area contributed by atoms with Crippen molar-refractivity contribution < 1.29 is 19.1 Å². The van der Waals surface area contributed by atoms with Gasteiger partial charge in [-0.1, -0.05) is 17.7 Å². The van der Waals surface area contributed by atoms with Crippen molar-refractivity contribution in [1.82, 2.24) is 4.90 Å². The van der Waals surface area contributed by atoms with Crippen molar-refractivity contribution in [2.75, 3.05) is 33.9 Å². The zero-order valence-corrected chi connectivity index (χ0v) is 12.4. The fraction of sp³-hybridized carbons (Fsp3) is 0.429. The molecule has 0 saturated carbocycles. The number of carbonyl (C=O) groups excluding carboxylic acids is 2. The Labute approximate surface area is 123 Å². The summed E-state index contributed by atoms with van der Waals surface area (Å²) in [5, 5.41) is 0.496. The molecule has 0 N–H and O–H groups in total. The standard InChI is InChI=1S/C14H18ClNO4/c1-19-9-8-16(7-6-13(17)20-2)14(18)11-4-3-5-12(15)10-11/h3-5,10H,6-9H2,1-2H3. The Balaban J connectivity index is 2.75. The Hall–Kier alpha value is -1.59. The third-order valence-corrected chi connectivity index (χ3v) is 2.97. The van der Waals surface area contributed by atoms with Gasteiger partial charge in [0, 0.05) is 30.8 Å². The minimum Gasteiger partial charge on any atom is -0.469 e. The lowest BCUT2D eigenvalue weighted by Crippen LogP contribution is -2.35. The van der Waals surface area contributed by atoms with Gasteiger partial charge in [-0.25, -0.2) is 0 Å². The van der Waals surface area contributed by atoms with Gasteiger partial charge in [0.05, 0.1) is 20.1 Å². The molecule has 0 atom stereocenters. The normalized spacial score (nSPS) is 10.2. The summed E-state index contributed by atoms with van der Waals surface area (Å²) in [5.41, 5.74) is 0.485. The minimum absolute atomic E-state index is 0.145. The summed E-state index contributed by atoms with van der Waals surface area (Å²) < 4.78 is 9.56. The molecule has 0 saturated heterocycles. The summed E-state index contributed by atoms with van der Waals surface area (Å²) in [6.07, 6.45) is 0.145. The third kappa shape index (κ3) is 5.19. The highest BCUT2D eigenvalue weighted by Gasteiger charge is 2.17. The molecule has 1 rings (SSSR count). The van der Waals surface area contributed by atoms with Crippen LogP contribution in [-0.2, 0) is 14.3 Å². The van der Waals surface area contributed by atoms with Crippen LogP contribution in [0.3, 0.4) is 0 Å². The number of esters is 1. The van der Waals surface area contributed by atoms with Gasteiger partial charge in [-0.05, 0) is 18.2 Å². The molecule has 0 bridgehead atoms. The number of halogens is 1. The maximum absolute atomic E-state index is 12.4. The van der Waals surface area contributed by atoms with Crippen LogP contribution in [0.5, 0.6) is 0 Å². The first kappa shape index (κ1) is 16.5. The predicted molar refractivity (Wildman–Crippen MR) is 75.9 cm³/mol. The van der Waals surface area contributed by atoms with Crippen molar-refractivity contribution in [3.8, 4) is 0 Å². The summed E-state index contributed by atoms with van der Waals surface area (Å²) in [5.74, 6) is -0.542. The number of nitrogens with zero attached hydrogens (tertiary/aromatic N) is 1. The molecule has 0 aliphatic rings. The topological polar surface area (TPSA) is 55.8 Å². The van der Waals surface area contributed by atoms with E-state index in [0.29, 0.717) is 23.7 Å². The van der Waals surface area contributed by atoms with Crippen LogP contribution in [0.25, 0.3) is 0 Å². The van der Waals surface area contributed by atoms with Crippen LogP contribution in [-0.4, -0.2) is 50.7 Å². The van der Waals surface area contributed by atoms with E-state index in [9.17, 15) is 9.59 Å². The number of rotatable bonds is 7. The molecule has 0 aliphatic carbocycles. The summed E-state index contributed by atoms with van der Waals surface area (Å²) in [7, 11) is 2.88. The van der Waals surface area contributed by atoms with Crippen molar-refractivity contribution in [1.29, 1.82) is 0 Å². The predicted octanol–water partition coefficient (Wildman–Crippen LogP) is 1.99. The minimum atomic E-state index is -0.355. The summed E-state index contributed by atoms with van der Waals surface area (Å²) in [6, 6.07) is 6.70. The van der Waals surface area contributed by atoms with Crippen molar-refractivity contribution in [3.05, 3.63) is 34.9 Å². The van der Waals surface area contributed by atoms with Crippen LogP contribution in [0.1, 0.15) is 16.8 Å². The van der Waals surface area contributed by atoms with E-state index in [1.807, 2.05) is 0 Å². The zero-order chi connectivity index (χ0) is 15.0. The average Bonchev–Trinajstić information content (AvgIpc) is 2.46. The number of carbonyl (C=O) groups is 2. The van der Waals surface area contributed by atoms with E-state index in [1.54, 1.807) is 36.3 Å². The van der Waals surface area contributed by atoms with Gasteiger partial charge in [0.15, 0.2) is 0 Å². The Bertz CT molecular complexity index is 464. The molecule has 1 amide bonds. The lowest BCUT2D eigenvalue weighted by atomic mass is 10.2. The average molecular weight is 300 g/mol. The highest BCUT2D eigenvalue weighted by atomic mass is 35.5. The van der Waals surface area contributed by atoms with Gasteiger partial charge in [0.1, 0.15) is 0 Å². The van der Waals surface area contributed by atoms with Gasteiger partial charge in [-0.15, -0.1) is 0 Å². The van der Waals surface area contributed by atoms with Crippen LogP contribution in [0.4, 0.5) is 0 Å². The fourth-order valence-corrected chi connectivity index (χ4v) is 1.84. The second-order valence-corrected chi connectivity index (χ2v) is 4.56. The molecule has 110 valence electrons. The van der Waals surface area contributed by atoms with Crippen LogP contribution < -0.4 is 0 Å². The SMILES string of the molecule is COCCN(CCC(=O)OC)C(=O)c1cccc(Cl)c1. The maximum Gasteiger partial charge on any atom is 0.307 e.